The number of amides is 1. The van der Waals surface area contributed by atoms with E-state index in [9.17, 15) is 4.79 Å². The van der Waals surface area contributed by atoms with E-state index in [2.05, 4.69) is 20.5 Å². The highest BCUT2D eigenvalue weighted by Crippen LogP contribution is 2.30. The molecule has 7 heteroatoms. The van der Waals surface area contributed by atoms with Crippen molar-refractivity contribution in [3.8, 4) is 11.4 Å². The molecule has 1 amide bonds. The third kappa shape index (κ3) is 3.67. The lowest BCUT2D eigenvalue weighted by Gasteiger charge is -2.04. The van der Waals surface area contributed by atoms with Crippen LogP contribution in [0.5, 0.6) is 0 Å². The number of nitrogens with one attached hydrogen (secondary N) is 2. The summed E-state index contributed by atoms with van der Waals surface area (Å²) in [6.45, 7) is 2.04. The zero-order valence-electron chi connectivity index (χ0n) is 16.2. The van der Waals surface area contributed by atoms with Gasteiger partial charge in [-0.25, -0.2) is 4.98 Å². The lowest BCUT2D eigenvalue weighted by molar-refractivity contribution is -0.113. The average Bonchev–Trinajstić information content (AvgIpc) is 3.37. The first-order valence-corrected chi connectivity index (χ1v) is 10.5. The number of nitrogens with zero attached hydrogens (tertiary/aromatic N) is 2. The summed E-state index contributed by atoms with van der Waals surface area (Å²) in [6, 6.07) is 21.6. The third-order valence-corrected chi connectivity index (χ3v) is 5.63. The first-order chi connectivity index (χ1) is 14.7. The van der Waals surface area contributed by atoms with E-state index in [1.807, 2.05) is 73.7 Å². The van der Waals surface area contributed by atoms with Gasteiger partial charge in [-0.2, -0.15) is 0 Å². The van der Waals surface area contributed by atoms with Crippen molar-refractivity contribution in [1.82, 2.24) is 15.2 Å². The van der Waals surface area contributed by atoms with Crippen molar-refractivity contribution in [2.24, 2.45) is 0 Å². The number of aromatic nitrogens is 3. The van der Waals surface area contributed by atoms with Crippen molar-refractivity contribution in [1.29, 1.82) is 0 Å². The standard InChI is InChI=1S/C23H18N4O2S/c1-14-6-8-15(9-7-14)22-25-23(27-26-22)30-13-21(28)24-16-10-11-20-18(12-16)17-4-2-3-5-19(17)29-20/h2-12H,13H2,1H3,(H,24,28)(H,25,26,27). The molecule has 0 bridgehead atoms. The Balaban J connectivity index is 1.25. The highest BCUT2D eigenvalue weighted by Gasteiger charge is 2.11. The molecule has 0 spiro atoms. The second-order valence-electron chi connectivity index (χ2n) is 6.98. The number of anilines is 1. The van der Waals surface area contributed by atoms with Gasteiger partial charge < -0.3 is 9.73 Å². The lowest BCUT2D eigenvalue weighted by atomic mass is 10.1. The Labute approximate surface area is 176 Å². The number of H-pyrrole nitrogens is 1. The quantitative estimate of drug-likeness (QED) is 0.376. The van der Waals surface area contributed by atoms with Crippen LogP contribution in [0.15, 0.2) is 76.3 Å². The molecule has 5 aromatic rings. The normalized spacial score (nSPS) is 11.2. The van der Waals surface area contributed by atoms with Crippen LogP contribution in [0.3, 0.4) is 0 Å². The first kappa shape index (κ1) is 18.4. The Morgan fingerprint density at radius 3 is 2.70 bits per heavy atom. The minimum absolute atomic E-state index is 0.117. The molecule has 2 heterocycles. The summed E-state index contributed by atoms with van der Waals surface area (Å²) >= 11 is 1.29. The van der Waals surface area contributed by atoms with Crippen LogP contribution < -0.4 is 5.32 Å². The predicted molar refractivity (Wildman–Crippen MR) is 120 cm³/mol. The number of hydrogen-bond acceptors (Lipinski definition) is 5. The van der Waals surface area contributed by atoms with Gasteiger partial charge >= 0.3 is 0 Å². The molecule has 30 heavy (non-hydrogen) atoms. The van der Waals surface area contributed by atoms with Gasteiger partial charge in [0, 0.05) is 22.0 Å². The Bertz CT molecular complexity index is 1350. The second-order valence-corrected chi connectivity index (χ2v) is 7.92. The number of para-hydroxylation sites is 1. The Hall–Kier alpha value is -3.58. The van der Waals surface area contributed by atoms with Crippen LogP contribution in [0.1, 0.15) is 5.56 Å². The van der Waals surface area contributed by atoms with Gasteiger partial charge in [0.2, 0.25) is 11.1 Å². The molecular formula is C23H18N4O2S. The first-order valence-electron chi connectivity index (χ1n) is 9.49. The molecule has 148 valence electrons. The summed E-state index contributed by atoms with van der Waals surface area (Å²) in [5, 5.41) is 12.6. The van der Waals surface area contributed by atoms with Gasteiger partial charge in [0.1, 0.15) is 11.2 Å². The summed E-state index contributed by atoms with van der Waals surface area (Å²) in [5.41, 5.74) is 4.51. The minimum atomic E-state index is -0.117. The van der Waals surface area contributed by atoms with Crippen LogP contribution in [0.25, 0.3) is 33.3 Å². The van der Waals surface area contributed by atoms with E-state index < -0.39 is 0 Å². The Morgan fingerprint density at radius 2 is 1.83 bits per heavy atom. The van der Waals surface area contributed by atoms with Crippen LogP contribution in [-0.4, -0.2) is 26.8 Å². The van der Waals surface area contributed by atoms with Crippen LogP contribution in [0, 0.1) is 6.92 Å². The minimum Gasteiger partial charge on any atom is -0.456 e. The van der Waals surface area contributed by atoms with Gasteiger partial charge in [-0.15, -0.1) is 5.10 Å². The molecule has 0 saturated carbocycles. The maximum absolute atomic E-state index is 12.4. The SMILES string of the molecule is Cc1ccc(-c2nc(SCC(=O)Nc3ccc4oc5ccccc5c4c3)n[nH]2)cc1. The van der Waals surface area contributed by atoms with Gasteiger partial charge in [-0.05, 0) is 31.2 Å². The second kappa shape index (κ2) is 7.68. The number of carbonyl (C=O) groups is 1. The molecule has 0 aliphatic rings. The molecule has 0 fully saturated rings. The van der Waals surface area contributed by atoms with E-state index in [4.69, 9.17) is 4.42 Å². The molecule has 2 N–H and O–H groups in total. The predicted octanol–water partition coefficient (Wildman–Crippen LogP) is 5.41. The van der Waals surface area contributed by atoms with E-state index in [0.29, 0.717) is 11.0 Å². The van der Waals surface area contributed by atoms with Gasteiger partial charge in [0.25, 0.3) is 0 Å². The van der Waals surface area contributed by atoms with Crippen LogP contribution >= 0.6 is 11.8 Å². The van der Waals surface area contributed by atoms with Crippen LogP contribution in [0.4, 0.5) is 5.69 Å². The number of fused-ring (bicyclic) bond motifs is 3. The molecule has 2 aromatic heterocycles. The molecule has 6 nitrogen and oxygen atoms in total. The van der Waals surface area contributed by atoms with Crippen molar-refractivity contribution in [2.45, 2.75) is 12.1 Å². The summed E-state index contributed by atoms with van der Waals surface area (Å²) in [5.74, 6) is 0.791. The summed E-state index contributed by atoms with van der Waals surface area (Å²) in [4.78, 5) is 16.9. The highest BCUT2D eigenvalue weighted by molar-refractivity contribution is 7.99. The average molecular weight is 414 g/mol. The molecule has 0 aliphatic carbocycles. The van der Waals surface area contributed by atoms with E-state index in [0.717, 1.165) is 33.2 Å². The van der Waals surface area contributed by atoms with Crippen molar-refractivity contribution < 1.29 is 9.21 Å². The zero-order valence-corrected chi connectivity index (χ0v) is 17.0. The molecule has 0 unspecified atom stereocenters. The maximum atomic E-state index is 12.4. The molecule has 0 aliphatic heterocycles. The fourth-order valence-corrected chi connectivity index (χ4v) is 3.88. The molecule has 0 radical (unpaired) electrons. The van der Waals surface area contributed by atoms with Crippen molar-refractivity contribution in [2.75, 3.05) is 11.1 Å². The third-order valence-electron chi connectivity index (χ3n) is 4.78. The number of aryl methyl sites for hydroxylation is 1. The number of furan rings is 1. The highest BCUT2D eigenvalue weighted by atomic mass is 32.2. The van der Waals surface area contributed by atoms with E-state index in [1.54, 1.807) is 0 Å². The number of aromatic amines is 1. The van der Waals surface area contributed by atoms with E-state index in [-0.39, 0.29) is 11.7 Å². The van der Waals surface area contributed by atoms with E-state index in [1.165, 1.54) is 17.3 Å². The fourth-order valence-electron chi connectivity index (χ4n) is 3.28. The van der Waals surface area contributed by atoms with Crippen molar-refractivity contribution in [3.63, 3.8) is 0 Å². The molecular weight excluding hydrogens is 396 g/mol. The Morgan fingerprint density at radius 1 is 1.03 bits per heavy atom. The van der Waals surface area contributed by atoms with Crippen LogP contribution in [-0.2, 0) is 4.79 Å². The van der Waals surface area contributed by atoms with Crippen LogP contribution in [0.2, 0.25) is 0 Å². The van der Waals surface area contributed by atoms with Crippen molar-refractivity contribution >= 4 is 45.3 Å². The smallest absolute Gasteiger partial charge is 0.234 e. The summed E-state index contributed by atoms with van der Waals surface area (Å²) < 4.78 is 5.83. The topological polar surface area (TPSA) is 83.8 Å². The fraction of sp³-hybridized carbons (Fsp3) is 0.0870. The summed E-state index contributed by atoms with van der Waals surface area (Å²) in [7, 11) is 0. The number of rotatable bonds is 5. The number of carbonyl (C=O) groups excluding carboxylic acids is 1. The number of hydrogen-bond donors (Lipinski definition) is 2. The molecule has 0 atom stereocenters. The van der Waals surface area contributed by atoms with Gasteiger partial charge in [-0.1, -0.05) is 59.8 Å². The van der Waals surface area contributed by atoms with Gasteiger partial charge in [-0.3, -0.25) is 9.89 Å². The molecule has 5 rings (SSSR count). The zero-order chi connectivity index (χ0) is 20.5. The van der Waals surface area contributed by atoms with Crippen molar-refractivity contribution in [3.05, 3.63) is 72.3 Å². The van der Waals surface area contributed by atoms with Gasteiger partial charge in [0.15, 0.2) is 5.82 Å². The molecule has 3 aromatic carbocycles. The van der Waals surface area contributed by atoms with E-state index >= 15 is 0 Å². The Kier molecular flexibility index (Phi) is 4.72. The monoisotopic (exact) mass is 414 g/mol. The molecule has 0 saturated heterocycles. The van der Waals surface area contributed by atoms with Gasteiger partial charge in [0.05, 0.1) is 5.75 Å². The summed E-state index contributed by atoms with van der Waals surface area (Å²) in [6.07, 6.45) is 0. The lowest BCUT2D eigenvalue weighted by Crippen LogP contribution is -2.14. The number of benzene rings is 3. The maximum Gasteiger partial charge on any atom is 0.234 e. The number of thioether (sulfide) groups is 1. The largest absolute Gasteiger partial charge is 0.456 e.